The topological polar surface area (TPSA) is 20.2 Å². The van der Waals surface area contributed by atoms with Gasteiger partial charge in [-0.05, 0) is 25.0 Å². The first-order valence-corrected chi connectivity index (χ1v) is 6.17. The largest absolute Gasteiger partial charge is 0.508 e. The van der Waals surface area contributed by atoms with E-state index in [0.717, 1.165) is 17.5 Å². The molecule has 0 aliphatic carbocycles. The quantitative estimate of drug-likeness (QED) is 0.782. The van der Waals surface area contributed by atoms with Gasteiger partial charge in [0.25, 0.3) is 0 Å². The summed E-state index contributed by atoms with van der Waals surface area (Å²) in [5.74, 6) is 0.528. The van der Waals surface area contributed by atoms with Crippen LogP contribution in [-0.2, 0) is 0 Å². The maximum Gasteiger partial charge on any atom is 0.119 e. The molecule has 92 valence electrons. The second-order valence-electron chi connectivity index (χ2n) is 4.55. The fraction of sp³-hybridized carbons (Fsp3) is 0.176. The molecular formula is C17H18O. The Hall–Kier alpha value is -2.02. The van der Waals surface area contributed by atoms with Crippen molar-refractivity contribution in [3.05, 3.63) is 77.9 Å². The highest BCUT2D eigenvalue weighted by Crippen LogP contribution is 2.34. The second kappa shape index (κ2) is 5.54. The van der Waals surface area contributed by atoms with Crippen LogP contribution in [0.3, 0.4) is 0 Å². The van der Waals surface area contributed by atoms with Gasteiger partial charge in [-0.3, -0.25) is 0 Å². The summed E-state index contributed by atoms with van der Waals surface area (Å²) in [6, 6.07) is 16.0. The van der Waals surface area contributed by atoms with Gasteiger partial charge in [0, 0.05) is 11.5 Å². The maximum absolute atomic E-state index is 10.1. The van der Waals surface area contributed by atoms with Crippen LogP contribution in [0.5, 0.6) is 5.75 Å². The minimum atomic E-state index is 0.170. The van der Waals surface area contributed by atoms with Crippen LogP contribution >= 0.6 is 0 Å². The third-order valence-electron chi connectivity index (χ3n) is 3.16. The Kier molecular flexibility index (Phi) is 3.83. The van der Waals surface area contributed by atoms with Crippen LogP contribution in [0.25, 0.3) is 0 Å². The molecular weight excluding hydrogens is 220 g/mol. The van der Waals surface area contributed by atoms with Crippen molar-refractivity contribution in [3.8, 4) is 5.75 Å². The molecule has 1 nitrogen and oxygen atoms in total. The van der Waals surface area contributed by atoms with E-state index in [1.807, 2.05) is 37.3 Å². The van der Waals surface area contributed by atoms with Crippen molar-refractivity contribution in [1.82, 2.24) is 0 Å². The fourth-order valence-electron chi connectivity index (χ4n) is 2.25. The molecule has 0 aromatic heterocycles. The van der Waals surface area contributed by atoms with Crippen LogP contribution in [0.1, 0.15) is 29.0 Å². The summed E-state index contributed by atoms with van der Waals surface area (Å²) in [6.07, 6.45) is 2.72. The molecule has 0 radical (unpaired) electrons. The molecule has 0 heterocycles. The Morgan fingerprint density at radius 3 is 2.56 bits per heavy atom. The summed E-state index contributed by atoms with van der Waals surface area (Å²) in [5, 5.41) is 10.1. The monoisotopic (exact) mass is 238 g/mol. The van der Waals surface area contributed by atoms with Crippen molar-refractivity contribution < 1.29 is 5.11 Å². The molecule has 1 unspecified atom stereocenters. The molecule has 1 atom stereocenters. The van der Waals surface area contributed by atoms with Crippen LogP contribution < -0.4 is 0 Å². The van der Waals surface area contributed by atoms with Crippen molar-refractivity contribution in [2.75, 3.05) is 0 Å². The fourth-order valence-corrected chi connectivity index (χ4v) is 2.25. The van der Waals surface area contributed by atoms with Crippen molar-refractivity contribution >= 4 is 0 Å². The van der Waals surface area contributed by atoms with Crippen molar-refractivity contribution in [1.29, 1.82) is 0 Å². The van der Waals surface area contributed by atoms with Gasteiger partial charge in [0.2, 0.25) is 0 Å². The van der Waals surface area contributed by atoms with Crippen LogP contribution in [0.2, 0.25) is 0 Å². The molecule has 0 spiro atoms. The molecule has 2 aromatic rings. The van der Waals surface area contributed by atoms with Gasteiger partial charge < -0.3 is 5.11 Å². The van der Waals surface area contributed by atoms with E-state index in [1.165, 1.54) is 5.56 Å². The minimum absolute atomic E-state index is 0.170. The molecule has 2 aromatic carbocycles. The normalized spacial score (nSPS) is 12.1. The van der Waals surface area contributed by atoms with E-state index >= 15 is 0 Å². The number of benzene rings is 2. The Labute approximate surface area is 108 Å². The second-order valence-corrected chi connectivity index (χ2v) is 4.55. The average molecular weight is 238 g/mol. The summed E-state index contributed by atoms with van der Waals surface area (Å²) >= 11 is 0. The SMILES string of the molecule is C=CCC(c1ccccc1)c1cc(C)ccc1O. The van der Waals surface area contributed by atoms with Gasteiger partial charge in [-0.15, -0.1) is 6.58 Å². The number of rotatable bonds is 4. The van der Waals surface area contributed by atoms with Gasteiger partial charge in [-0.25, -0.2) is 0 Å². The zero-order chi connectivity index (χ0) is 13.0. The molecule has 0 saturated carbocycles. The molecule has 0 aliphatic rings. The first-order valence-electron chi connectivity index (χ1n) is 6.17. The zero-order valence-electron chi connectivity index (χ0n) is 10.6. The van der Waals surface area contributed by atoms with Gasteiger partial charge in [-0.1, -0.05) is 54.1 Å². The van der Waals surface area contributed by atoms with Gasteiger partial charge in [-0.2, -0.15) is 0 Å². The highest BCUT2D eigenvalue weighted by molar-refractivity contribution is 5.43. The summed E-state index contributed by atoms with van der Waals surface area (Å²) in [6.45, 7) is 5.86. The predicted octanol–water partition coefficient (Wildman–Crippen LogP) is 4.41. The lowest BCUT2D eigenvalue weighted by Gasteiger charge is -2.18. The first kappa shape index (κ1) is 12.4. The van der Waals surface area contributed by atoms with E-state index in [2.05, 4.69) is 24.8 Å². The predicted molar refractivity (Wildman–Crippen MR) is 75.9 cm³/mol. The van der Waals surface area contributed by atoms with Crippen LogP contribution in [0.4, 0.5) is 0 Å². The minimum Gasteiger partial charge on any atom is -0.508 e. The Balaban J connectivity index is 2.47. The third kappa shape index (κ3) is 2.62. The number of aromatic hydroxyl groups is 1. The molecule has 18 heavy (non-hydrogen) atoms. The summed E-state index contributed by atoms with van der Waals surface area (Å²) < 4.78 is 0. The smallest absolute Gasteiger partial charge is 0.119 e. The lowest BCUT2D eigenvalue weighted by Crippen LogP contribution is -2.00. The van der Waals surface area contributed by atoms with Gasteiger partial charge >= 0.3 is 0 Å². The molecule has 0 fully saturated rings. The third-order valence-corrected chi connectivity index (χ3v) is 3.16. The standard InChI is InChI=1S/C17H18O/c1-3-7-15(14-8-5-4-6-9-14)16-12-13(2)10-11-17(16)18/h3-6,8-12,15,18H,1,7H2,2H3. The van der Waals surface area contributed by atoms with E-state index in [9.17, 15) is 5.11 Å². The first-order chi connectivity index (χ1) is 8.72. The van der Waals surface area contributed by atoms with E-state index in [0.29, 0.717) is 5.75 Å². The lowest BCUT2D eigenvalue weighted by molar-refractivity contribution is 0.464. The molecule has 1 N–H and O–H groups in total. The van der Waals surface area contributed by atoms with Crippen LogP contribution in [0.15, 0.2) is 61.2 Å². The molecule has 0 aliphatic heterocycles. The number of allylic oxidation sites excluding steroid dienone is 1. The van der Waals surface area contributed by atoms with E-state index in [1.54, 1.807) is 6.07 Å². The molecule has 2 rings (SSSR count). The van der Waals surface area contributed by atoms with Crippen LogP contribution in [-0.4, -0.2) is 5.11 Å². The molecule has 0 bridgehead atoms. The zero-order valence-corrected chi connectivity index (χ0v) is 10.6. The van der Waals surface area contributed by atoms with Crippen molar-refractivity contribution in [2.45, 2.75) is 19.3 Å². The van der Waals surface area contributed by atoms with Crippen molar-refractivity contribution in [2.24, 2.45) is 0 Å². The van der Waals surface area contributed by atoms with Crippen molar-refractivity contribution in [3.63, 3.8) is 0 Å². The van der Waals surface area contributed by atoms with Gasteiger partial charge in [0.05, 0.1) is 0 Å². The molecule has 0 amide bonds. The number of hydrogen-bond acceptors (Lipinski definition) is 1. The Morgan fingerprint density at radius 1 is 1.17 bits per heavy atom. The highest BCUT2D eigenvalue weighted by Gasteiger charge is 2.16. The van der Waals surface area contributed by atoms with E-state index in [-0.39, 0.29) is 5.92 Å². The van der Waals surface area contributed by atoms with Gasteiger partial charge in [0.15, 0.2) is 0 Å². The van der Waals surface area contributed by atoms with Gasteiger partial charge in [0.1, 0.15) is 5.75 Å². The maximum atomic E-state index is 10.1. The summed E-state index contributed by atoms with van der Waals surface area (Å²) in [7, 11) is 0. The van der Waals surface area contributed by atoms with Crippen LogP contribution in [0, 0.1) is 6.92 Å². The number of phenols is 1. The highest BCUT2D eigenvalue weighted by atomic mass is 16.3. The summed E-state index contributed by atoms with van der Waals surface area (Å²) in [4.78, 5) is 0. The number of aryl methyl sites for hydroxylation is 1. The van der Waals surface area contributed by atoms with E-state index in [4.69, 9.17) is 0 Å². The Bertz CT molecular complexity index is 529. The number of phenolic OH excluding ortho intramolecular Hbond substituents is 1. The lowest BCUT2D eigenvalue weighted by atomic mass is 9.87. The summed E-state index contributed by atoms with van der Waals surface area (Å²) in [5.41, 5.74) is 3.34. The van der Waals surface area contributed by atoms with E-state index < -0.39 is 0 Å². The molecule has 1 heteroatoms. The Morgan fingerprint density at radius 2 is 1.89 bits per heavy atom. The average Bonchev–Trinajstić information content (AvgIpc) is 2.40. The number of hydrogen-bond donors (Lipinski definition) is 1. The molecule has 0 saturated heterocycles.